The molecule has 148 valence electrons. The number of pyridine rings is 1. The summed E-state index contributed by atoms with van der Waals surface area (Å²) in [5.74, 6) is -0.0615. The molecular weight excluding hydrogens is 383 g/mol. The van der Waals surface area contributed by atoms with Crippen LogP contribution in [0.1, 0.15) is 23.2 Å². The van der Waals surface area contributed by atoms with Gasteiger partial charge in [-0.2, -0.15) is 0 Å². The van der Waals surface area contributed by atoms with Gasteiger partial charge in [-0.05, 0) is 37.1 Å². The van der Waals surface area contributed by atoms with E-state index in [1.165, 1.54) is 12.1 Å². The maximum Gasteiger partial charge on any atom is 0.258 e. The number of amides is 1. The molecule has 0 aliphatic carbocycles. The van der Waals surface area contributed by atoms with Crippen LogP contribution in [0.4, 0.5) is 4.39 Å². The SMILES string of the molecule is O=C(c1c(F)cccc1Cl)N1CC(COc2ccncc2)C2(CCOCC2)C1. The summed E-state index contributed by atoms with van der Waals surface area (Å²) >= 11 is 6.12. The third-order valence-corrected chi connectivity index (χ3v) is 6.18. The van der Waals surface area contributed by atoms with Crippen molar-refractivity contribution in [2.45, 2.75) is 12.8 Å². The number of benzene rings is 1. The predicted octanol–water partition coefficient (Wildman–Crippen LogP) is 3.82. The van der Waals surface area contributed by atoms with E-state index in [9.17, 15) is 9.18 Å². The summed E-state index contributed by atoms with van der Waals surface area (Å²) < 4.78 is 25.8. The van der Waals surface area contributed by atoms with E-state index in [4.69, 9.17) is 21.1 Å². The van der Waals surface area contributed by atoms with Crippen molar-refractivity contribution in [3.05, 3.63) is 59.1 Å². The van der Waals surface area contributed by atoms with Gasteiger partial charge in [0, 0.05) is 50.0 Å². The van der Waals surface area contributed by atoms with E-state index in [-0.39, 0.29) is 27.8 Å². The lowest BCUT2D eigenvalue weighted by molar-refractivity contribution is -0.00910. The van der Waals surface area contributed by atoms with Crippen molar-refractivity contribution in [1.29, 1.82) is 0 Å². The zero-order chi connectivity index (χ0) is 19.6. The summed E-state index contributed by atoms with van der Waals surface area (Å²) in [6, 6.07) is 7.94. The zero-order valence-corrected chi connectivity index (χ0v) is 16.2. The standard InChI is InChI=1S/C21H22ClFN2O3/c22-17-2-1-3-18(23)19(17)20(26)25-12-15(13-28-16-4-8-24-9-5-16)21(14-25)6-10-27-11-7-21/h1-5,8-9,15H,6-7,10-14H2. The van der Waals surface area contributed by atoms with Crippen molar-refractivity contribution in [3.8, 4) is 5.75 Å². The lowest BCUT2D eigenvalue weighted by Gasteiger charge is -2.37. The summed E-state index contributed by atoms with van der Waals surface area (Å²) in [5.41, 5.74) is -0.138. The molecule has 1 unspecified atom stereocenters. The van der Waals surface area contributed by atoms with E-state index in [1.807, 2.05) is 12.1 Å². The van der Waals surface area contributed by atoms with Gasteiger partial charge < -0.3 is 14.4 Å². The number of ether oxygens (including phenoxy) is 2. The summed E-state index contributed by atoms with van der Waals surface area (Å²) in [6.45, 7) is 2.88. The van der Waals surface area contributed by atoms with Crippen molar-refractivity contribution in [3.63, 3.8) is 0 Å². The third-order valence-electron chi connectivity index (χ3n) is 5.87. The molecule has 0 N–H and O–H groups in total. The molecule has 1 spiro atoms. The molecule has 1 atom stereocenters. The van der Waals surface area contributed by atoms with Crippen LogP contribution >= 0.6 is 11.6 Å². The Bertz CT molecular complexity index is 823. The molecule has 1 aromatic heterocycles. The Morgan fingerprint density at radius 3 is 2.75 bits per heavy atom. The number of hydrogen-bond acceptors (Lipinski definition) is 4. The smallest absolute Gasteiger partial charge is 0.258 e. The normalized spacial score (nSPS) is 21.1. The van der Waals surface area contributed by atoms with Gasteiger partial charge in [-0.15, -0.1) is 0 Å². The molecule has 2 saturated heterocycles. The van der Waals surface area contributed by atoms with Crippen LogP contribution in [0.5, 0.6) is 5.75 Å². The van der Waals surface area contributed by atoms with Gasteiger partial charge in [0.1, 0.15) is 11.6 Å². The van der Waals surface area contributed by atoms with Crippen LogP contribution in [0.2, 0.25) is 5.02 Å². The van der Waals surface area contributed by atoms with Gasteiger partial charge in [0.2, 0.25) is 0 Å². The van der Waals surface area contributed by atoms with E-state index in [0.717, 1.165) is 18.6 Å². The van der Waals surface area contributed by atoms with Crippen LogP contribution in [0, 0.1) is 17.2 Å². The summed E-state index contributed by atoms with van der Waals surface area (Å²) in [5, 5.41) is 0.141. The number of carbonyl (C=O) groups is 1. The average molecular weight is 405 g/mol. The van der Waals surface area contributed by atoms with Gasteiger partial charge in [-0.25, -0.2) is 4.39 Å². The average Bonchev–Trinajstić information content (AvgIpc) is 3.05. The van der Waals surface area contributed by atoms with Gasteiger partial charge in [0.05, 0.1) is 17.2 Å². The fraction of sp³-hybridized carbons (Fsp3) is 0.429. The van der Waals surface area contributed by atoms with Crippen LogP contribution in [-0.2, 0) is 4.74 Å². The lowest BCUT2D eigenvalue weighted by atomic mass is 9.72. The number of halogens is 2. The minimum Gasteiger partial charge on any atom is -0.493 e. The van der Waals surface area contributed by atoms with Crippen LogP contribution in [0.25, 0.3) is 0 Å². The highest BCUT2D eigenvalue weighted by Crippen LogP contribution is 2.45. The second kappa shape index (κ2) is 8.05. The Hall–Kier alpha value is -2.18. The predicted molar refractivity (Wildman–Crippen MR) is 103 cm³/mol. The summed E-state index contributed by atoms with van der Waals surface area (Å²) in [6.07, 6.45) is 5.08. The van der Waals surface area contributed by atoms with Crippen molar-refractivity contribution in [1.82, 2.24) is 9.88 Å². The number of likely N-dealkylation sites (tertiary alicyclic amines) is 1. The fourth-order valence-corrected chi connectivity index (χ4v) is 4.50. The second-order valence-electron chi connectivity index (χ2n) is 7.45. The molecule has 0 radical (unpaired) electrons. The van der Waals surface area contributed by atoms with Gasteiger partial charge in [0.15, 0.2) is 0 Å². The van der Waals surface area contributed by atoms with E-state index in [0.29, 0.717) is 32.9 Å². The molecular formula is C21H22ClFN2O3. The number of hydrogen-bond donors (Lipinski definition) is 0. The van der Waals surface area contributed by atoms with Gasteiger partial charge in [0.25, 0.3) is 5.91 Å². The Morgan fingerprint density at radius 2 is 2.04 bits per heavy atom. The van der Waals surface area contributed by atoms with Crippen LogP contribution in [0.3, 0.4) is 0 Å². The fourth-order valence-electron chi connectivity index (χ4n) is 4.25. The molecule has 2 fully saturated rings. The molecule has 4 rings (SSSR count). The Morgan fingerprint density at radius 1 is 1.29 bits per heavy atom. The molecule has 1 amide bonds. The largest absolute Gasteiger partial charge is 0.493 e. The molecule has 2 aliphatic rings. The van der Waals surface area contributed by atoms with Crippen molar-refractivity contribution in [2.24, 2.45) is 11.3 Å². The molecule has 0 bridgehead atoms. The third kappa shape index (κ3) is 3.71. The maximum absolute atomic E-state index is 14.3. The van der Waals surface area contributed by atoms with Crippen LogP contribution < -0.4 is 4.74 Å². The minimum atomic E-state index is -0.588. The first-order valence-electron chi connectivity index (χ1n) is 9.43. The number of nitrogens with zero attached hydrogens (tertiary/aromatic N) is 2. The number of carbonyl (C=O) groups excluding carboxylic acids is 1. The van der Waals surface area contributed by atoms with E-state index < -0.39 is 5.82 Å². The molecule has 5 nitrogen and oxygen atoms in total. The number of aromatic nitrogens is 1. The Labute approximate surface area is 168 Å². The first kappa shape index (κ1) is 19.2. The minimum absolute atomic E-state index is 0.0536. The van der Waals surface area contributed by atoms with Crippen molar-refractivity contribution in [2.75, 3.05) is 32.9 Å². The summed E-state index contributed by atoms with van der Waals surface area (Å²) in [4.78, 5) is 18.8. The molecule has 1 aromatic carbocycles. The number of rotatable bonds is 4. The Balaban J connectivity index is 1.55. The van der Waals surface area contributed by atoms with E-state index >= 15 is 0 Å². The topological polar surface area (TPSA) is 51.7 Å². The van der Waals surface area contributed by atoms with Gasteiger partial charge in [-0.3, -0.25) is 9.78 Å². The van der Waals surface area contributed by atoms with E-state index in [1.54, 1.807) is 23.4 Å². The molecule has 7 heteroatoms. The van der Waals surface area contributed by atoms with Crippen molar-refractivity contribution >= 4 is 17.5 Å². The van der Waals surface area contributed by atoms with Gasteiger partial charge >= 0.3 is 0 Å². The molecule has 2 aliphatic heterocycles. The molecule has 0 saturated carbocycles. The zero-order valence-electron chi connectivity index (χ0n) is 15.4. The van der Waals surface area contributed by atoms with Crippen LogP contribution in [0.15, 0.2) is 42.7 Å². The monoisotopic (exact) mass is 404 g/mol. The maximum atomic E-state index is 14.3. The molecule has 2 aromatic rings. The van der Waals surface area contributed by atoms with E-state index in [2.05, 4.69) is 4.98 Å². The first-order valence-corrected chi connectivity index (χ1v) is 9.81. The van der Waals surface area contributed by atoms with Crippen molar-refractivity contribution < 1.29 is 18.7 Å². The van der Waals surface area contributed by atoms with Crippen LogP contribution in [-0.4, -0.2) is 48.7 Å². The highest BCUT2D eigenvalue weighted by atomic mass is 35.5. The highest BCUT2D eigenvalue weighted by molar-refractivity contribution is 6.33. The molecule has 28 heavy (non-hydrogen) atoms. The first-order chi connectivity index (χ1) is 13.6. The summed E-state index contributed by atoms with van der Waals surface area (Å²) in [7, 11) is 0. The highest BCUT2D eigenvalue weighted by Gasteiger charge is 2.49. The quantitative estimate of drug-likeness (QED) is 0.777. The van der Waals surface area contributed by atoms with Gasteiger partial charge in [-0.1, -0.05) is 17.7 Å². The molecule has 3 heterocycles. The lowest BCUT2D eigenvalue weighted by Crippen LogP contribution is -2.39. The Kier molecular flexibility index (Phi) is 5.51. The second-order valence-corrected chi connectivity index (χ2v) is 7.86.